The Morgan fingerprint density at radius 1 is 1.56 bits per heavy atom. The second kappa shape index (κ2) is 5.49. The molecule has 6 heteroatoms. The van der Waals surface area contributed by atoms with Gasteiger partial charge in [0.2, 0.25) is 0 Å². The molecule has 0 aromatic carbocycles. The van der Waals surface area contributed by atoms with Crippen molar-refractivity contribution in [3.05, 3.63) is 20.8 Å². The zero-order valence-corrected chi connectivity index (χ0v) is 11.8. The number of sulfone groups is 1. The molecule has 1 unspecified atom stereocenters. The topological polar surface area (TPSA) is 60.2 Å². The number of nitrogens with two attached hydrogens (primary N) is 1. The van der Waals surface area contributed by atoms with Crippen molar-refractivity contribution in [2.24, 2.45) is 5.73 Å². The molecule has 92 valence electrons. The molecule has 0 aliphatic carbocycles. The summed E-state index contributed by atoms with van der Waals surface area (Å²) in [4.78, 5) is 0.952. The van der Waals surface area contributed by atoms with E-state index in [1.165, 1.54) is 17.6 Å². The minimum absolute atomic E-state index is 0.159. The van der Waals surface area contributed by atoms with Crippen molar-refractivity contribution < 1.29 is 8.42 Å². The fourth-order valence-corrected chi connectivity index (χ4v) is 3.46. The Labute approximate surface area is 106 Å². The summed E-state index contributed by atoms with van der Waals surface area (Å²) in [6.45, 7) is 1.94. The summed E-state index contributed by atoms with van der Waals surface area (Å²) in [7, 11) is -2.89. The van der Waals surface area contributed by atoms with Crippen LogP contribution in [0.4, 0.5) is 0 Å². The van der Waals surface area contributed by atoms with E-state index in [0.717, 1.165) is 15.5 Å². The molecule has 0 spiro atoms. The highest BCUT2D eigenvalue weighted by molar-refractivity contribution is 7.90. The van der Waals surface area contributed by atoms with Crippen LogP contribution in [0.2, 0.25) is 5.02 Å². The third-order valence-electron chi connectivity index (χ3n) is 2.29. The summed E-state index contributed by atoms with van der Waals surface area (Å²) < 4.78 is 21.9. The molecule has 16 heavy (non-hydrogen) atoms. The quantitative estimate of drug-likeness (QED) is 0.902. The Balaban J connectivity index is 2.53. The van der Waals surface area contributed by atoms with Gasteiger partial charge < -0.3 is 5.73 Å². The van der Waals surface area contributed by atoms with Crippen LogP contribution >= 0.6 is 22.9 Å². The summed E-state index contributed by atoms with van der Waals surface area (Å²) in [5, 5.41) is 2.69. The molecule has 0 saturated carbocycles. The summed E-state index contributed by atoms with van der Waals surface area (Å²) in [5.41, 5.74) is 7.00. The van der Waals surface area contributed by atoms with Crippen molar-refractivity contribution in [3.8, 4) is 0 Å². The Bertz CT molecular complexity index is 453. The van der Waals surface area contributed by atoms with Crippen molar-refractivity contribution in [2.45, 2.75) is 25.8 Å². The third kappa shape index (κ3) is 4.05. The van der Waals surface area contributed by atoms with E-state index in [-0.39, 0.29) is 11.8 Å². The van der Waals surface area contributed by atoms with E-state index < -0.39 is 9.84 Å². The second-order valence-electron chi connectivity index (χ2n) is 3.98. The number of aryl methyl sites for hydroxylation is 1. The monoisotopic (exact) mass is 281 g/mol. The summed E-state index contributed by atoms with van der Waals surface area (Å²) in [6, 6.07) is -0.159. The van der Waals surface area contributed by atoms with Crippen LogP contribution < -0.4 is 5.73 Å². The van der Waals surface area contributed by atoms with E-state index in [1.807, 2.05) is 12.3 Å². The van der Waals surface area contributed by atoms with Gasteiger partial charge in [0.1, 0.15) is 9.84 Å². The predicted octanol–water partition coefficient (Wildman–Crippen LogP) is 2.53. The zero-order valence-electron chi connectivity index (χ0n) is 9.36. The van der Waals surface area contributed by atoms with Gasteiger partial charge in [0.15, 0.2) is 0 Å². The van der Waals surface area contributed by atoms with Gasteiger partial charge in [-0.05, 0) is 30.7 Å². The van der Waals surface area contributed by atoms with E-state index in [1.54, 1.807) is 0 Å². The van der Waals surface area contributed by atoms with E-state index >= 15 is 0 Å². The van der Waals surface area contributed by atoms with Crippen LogP contribution in [0.15, 0.2) is 5.38 Å². The first-order chi connectivity index (χ1) is 7.31. The van der Waals surface area contributed by atoms with Gasteiger partial charge in [-0.2, -0.15) is 0 Å². The fourth-order valence-electron chi connectivity index (χ4n) is 1.40. The van der Waals surface area contributed by atoms with Crippen molar-refractivity contribution in [1.29, 1.82) is 0 Å². The number of hydrogen-bond donors (Lipinski definition) is 1. The van der Waals surface area contributed by atoms with Gasteiger partial charge >= 0.3 is 0 Å². The number of rotatable bonds is 5. The SMILES string of the molecule is Cc1csc(C(N)CCCS(C)(=O)=O)c1Cl. The molecule has 0 amide bonds. The minimum atomic E-state index is -2.89. The van der Waals surface area contributed by atoms with Crippen LogP contribution in [0.3, 0.4) is 0 Å². The van der Waals surface area contributed by atoms with Gasteiger partial charge in [0.25, 0.3) is 0 Å². The van der Waals surface area contributed by atoms with Crippen molar-refractivity contribution in [1.82, 2.24) is 0 Å². The van der Waals surface area contributed by atoms with Crippen molar-refractivity contribution in [2.75, 3.05) is 12.0 Å². The lowest BCUT2D eigenvalue weighted by Crippen LogP contribution is -2.12. The van der Waals surface area contributed by atoms with Crippen LogP contribution in [0.1, 0.15) is 29.3 Å². The summed E-state index contributed by atoms with van der Waals surface area (Å²) in [5.74, 6) is 0.183. The van der Waals surface area contributed by atoms with Gasteiger partial charge in [-0.15, -0.1) is 11.3 Å². The normalized spacial score (nSPS) is 14.0. The maximum Gasteiger partial charge on any atom is 0.147 e. The molecular formula is C10H16ClNO2S2. The number of hydrogen-bond acceptors (Lipinski definition) is 4. The van der Waals surface area contributed by atoms with Gasteiger partial charge in [-0.1, -0.05) is 11.6 Å². The Morgan fingerprint density at radius 2 is 2.19 bits per heavy atom. The maximum absolute atomic E-state index is 11.0. The summed E-state index contributed by atoms with van der Waals surface area (Å²) in [6.07, 6.45) is 2.46. The first-order valence-electron chi connectivity index (χ1n) is 4.98. The van der Waals surface area contributed by atoms with Crippen LogP contribution in [-0.4, -0.2) is 20.4 Å². The van der Waals surface area contributed by atoms with E-state index in [4.69, 9.17) is 17.3 Å². The third-order valence-corrected chi connectivity index (χ3v) is 5.17. The first-order valence-corrected chi connectivity index (χ1v) is 8.30. The van der Waals surface area contributed by atoms with Crippen molar-refractivity contribution >= 4 is 32.8 Å². The van der Waals surface area contributed by atoms with Crippen LogP contribution in [0, 0.1) is 6.92 Å². The molecule has 1 aromatic rings. The highest BCUT2D eigenvalue weighted by atomic mass is 35.5. The average molecular weight is 282 g/mol. The molecule has 1 rings (SSSR count). The van der Waals surface area contributed by atoms with Crippen LogP contribution in [-0.2, 0) is 9.84 Å². The predicted molar refractivity (Wildman–Crippen MR) is 69.9 cm³/mol. The fraction of sp³-hybridized carbons (Fsp3) is 0.600. The van der Waals surface area contributed by atoms with Gasteiger partial charge in [0, 0.05) is 22.9 Å². The molecule has 0 radical (unpaired) electrons. The lowest BCUT2D eigenvalue weighted by Gasteiger charge is -2.09. The molecule has 3 nitrogen and oxygen atoms in total. The van der Waals surface area contributed by atoms with Crippen molar-refractivity contribution in [3.63, 3.8) is 0 Å². The molecule has 1 heterocycles. The smallest absolute Gasteiger partial charge is 0.147 e. The maximum atomic E-state index is 11.0. The van der Waals surface area contributed by atoms with Gasteiger partial charge in [0.05, 0.1) is 5.02 Å². The lowest BCUT2D eigenvalue weighted by molar-refractivity contribution is 0.589. The molecule has 0 bridgehead atoms. The highest BCUT2D eigenvalue weighted by Gasteiger charge is 2.14. The van der Waals surface area contributed by atoms with E-state index in [9.17, 15) is 8.42 Å². The molecular weight excluding hydrogens is 266 g/mol. The molecule has 0 aliphatic heterocycles. The van der Waals surface area contributed by atoms with E-state index in [0.29, 0.717) is 12.8 Å². The largest absolute Gasteiger partial charge is 0.323 e. The standard InChI is InChI=1S/C10H16ClNO2S2/c1-7-6-15-10(9(7)11)8(12)4-3-5-16(2,13)14/h6,8H,3-5,12H2,1-2H3. The molecule has 0 aliphatic rings. The van der Waals surface area contributed by atoms with Gasteiger partial charge in [-0.25, -0.2) is 8.42 Å². The zero-order chi connectivity index (χ0) is 12.3. The Hall–Kier alpha value is -0.100. The van der Waals surface area contributed by atoms with Crippen LogP contribution in [0.25, 0.3) is 0 Å². The van der Waals surface area contributed by atoms with Crippen LogP contribution in [0.5, 0.6) is 0 Å². The highest BCUT2D eigenvalue weighted by Crippen LogP contribution is 2.33. The lowest BCUT2D eigenvalue weighted by atomic mass is 10.1. The molecule has 0 saturated heterocycles. The molecule has 1 aromatic heterocycles. The Kier molecular flexibility index (Phi) is 4.79. The average Bonchev–Trinajstić information content (AvgIpc) is 2.45. The molecule has 1 atom stereocenters. The molecule has 0 fully saturated rings. The van der Waals surface area contributed by atoms with E-state index in [2.05, 4.69) is 0 Å². The second-order valence-corrected chi connectivity index (χ2v) is 7.52. The Morgan fingerprint density at radius 3 is 2.62 bits per heavy atom. The first kappa shape index (κ1) is 14.0. The summed E-state index contributed by atoms with van der Waals surface area (Å²) >= 11 is 7.62. The minimum Gasteiger partial charge on any atom is -0.323 e. The molecule has 2 N–H and O–H groups in total. The van der Waals surface area contributed by atoms with Gasteiger partial charge in [-0.3, -0.25) is 0 Å². The number of halogens is 1. The number of thiophene rings is 1.